The van der Waals surface area contributed by atoms with E-state index in [1.807, 2.05) is 0 Å². The van der Waals surface area contributed by atoms with Crippen LogP contribution in [0.25, 0.3) is 0 Å². The first-order valence-corrected chi connectivity index (χ1v) is 5.86. The number of non-ortho nitro benzene ring substituents is 1. The van der Waals surface area contributed by atoms with Gasteiger partial charge in [0.2, 0.25) is 5.91 Å². The van der Waals surface area contributed by atoms with Crippen LogP contribution in [-0.2, 0) is 9.53 Å². The lowest BCUT2D eigenvalue weighted by Gasteiger charge is -2.18. The molecule has 0 bridgehead atoms. The molecular formula is C12H13N3O5. The minimum Gasteiger partial charge on any atom is -0.465 e. The second kappa shape index (κ2) is 5.25. The van der Waals surface area contributed by atoms with Crippen molar-refractivity contribution in [2.24, 2.45) is 5.73 Å². The number of benzene rings is 1. The Morgan fingerprint density at radius 3 is 2.75 bits per heavy atom. The third-order valence-electron chi connectivity index (χ3n) is 3.04. The number of nitro groups is 1. The highest BCUT2D eigenvalue weighted by Gasteiger charge is 2.32. The average Bonchev–Trinajstić information content (AvgIpc) is 2.76. The second-order valence-corrected chi connectivity index (χ2v) is 4.42. The molecule has 106 valence electrons. The number of nitrogens with two attached hydrogens (primary N) is 1. The van der Waals surface area contributed by atoms with Crippen molar-refractivity contribution in [1.29, 1.82) is 0 Å². The fourth-order valence-electron chi connectivity index (χ4n) is 2.11. The van der Waals surface area contributed by atoms with Crippen molar-refractivity contribution in [2.45, 2.75) is 12.5 Å². The van der Waals surface area contributed by atoms with Crippen molar-refractivity contribution < 1.29 is 19.2 Å². The first kappa shape index (κ1) is 13.9. The molecule has 0 radical (unpaired) electrons. The van der Waals surface area contributed by atoms with Gasteiger partial charge >= 0.3 is 5.97 Å². The molecule has 1 unspecified atom stereocenters. The zero-order chi connectivity index (χ0) is 14.9. The summed E-state index contributed by atoms with van der Waals surface area (Å²) in [4.78, 5) is 35.1. The first-order valence-electron chi connectivity index (χ1n) is 5.86. The predicted molar refractivity (Wildman–Crippen MR) is 69.4 cm³/mol. The summed E-state index contributed by atoms with van der Waals surface area (Å²) in [5.41, 5.74) is 5.74. The number of ether oxygens (including phenoxy) is 1. The Morgan fingerprint density at radius 2 is 2.25 bits per heavy atom. The van der Waals surface area contributed by atoms with Crippen molar-refractivity contribution in [3.63, 3.8) is 0 Å². The van der Waals surface area contributed by atoms with E-state index in [4.69, 9.17) is 5.73 Å². The molecule has 1 aliphatic heterocycles. The number of carbonyl (C=O) groups excluding carboxylic acids is 2. The van der Waals surface area contributed by atoms with E-state index in [0.717, 1.165) is 0 Å². The lowest BCUT2D eigenvalue weighted by atomic mass is 10.1. The van der Waals surface area contributed by atoms with Crippen LogP contribution in [0.15, 0.2) is 18.2 Å². The highest BCUT2D eigenvalue weighted by Crippen LogP contribution is 2.29. The second-order valence-electron chi connectivity index (χ2n) is 4.42. The molecule has 1 fully saturated rings. The number of nitro benzene ring substituents is 1. The van der Waals surface area contributed by atoms with E-state index in [-0.39, 0.29) is 41.9 Å². The summed E-state index contributed by atoms with van der Waals surface area (Å²) in [6.45, 7) is 0.212. The topological polar surface area (TPSA) is 116 Å². The molecule has 1 saturated heterocycles. The van der Waals surface area contributed by atoms with Crippen molar-refractivity contribution in [3.05, 3.63) is 33.9 Å². The standard InChI is InChI=1S/C12H13N3O5/c1-20-12(17)9-3-2-8(15(18)19)5-10(9)14-6-7(13)4-11(14)16/h2-3,5,7H,4,6,13H2,1H3. The Bertz CT molecular complexity index is 586. The van der Waals surface area contributed by atoms with Gasteiger partial charge < -0.3 is 15.4 Å². The zero-order valence-corrected chi connectivity index (χ0v) is 10.7. The highest BCUT2D eigenvalue weighted by molar-refractivity contribution is 6.04. The van der Waals surface area contributed by atoms with Gasteiger partial charge in [-0.1, -0.05) is 0 Å². The van der Waals surface area contributed by atoms with E-state index in [2.05, 4.69) is 4.74 Å². The predicted octanol–water partition coefficient (Wildman–Crippen LogP) is 0.445. The Balaban J connectivity index is 2.52. The summed E-state index contributed by atoms with van der Waals surface area (Å²) < 4.78 is 4.62. The molecule has 1 atom stereocenters. The lowest BCUT2D eigenvalue weighted by Crippen LogP contribution is -2.29. The van der Waals surface area contributed by atoms with Gasteiger partial charge in [-0.3, -0.25) is 14.9 Å². The monoisotopic (exact) mass is 279 g/mol. The lowest BCUT2D eigenvalue weighted by molar-refractivity contribution is -0.384. The number of hydrogen-bond acceptors (Lipinski definition) is 6. The van der Waals surface area contributed by atoms with Crippen LogP contribution >= 0.6 is 0 Å². The molecule has 0 aliphatic carbocycles. The molecule has 1 aliphatic rings. The summed E-state index contributed by atoms with van der Waals surface area (Å²) in [5.74, 6) is -0.939. The molecule has 2 N–H and O–H groups in total. The summed E-state index contributed by atoms with van der Waals surface area (Å²) in [6.07, 6.45) is 0.142. The van der Waals surface area contributed by atoms with Crippen LogP contribution in [0.3, 0.4) is 0 Å². The van der Waals surface area contributed by atoms with Crippen LogP contribution in [0.1, 0.15) is 16.8 Å². The Hall–Kier alpha value is -2.48. The van der Waals surface area contributed by atoms with Crippen LogP contribution in [-0.4, -0.2) is 36.5 Å². The van der Waals surface area contributed by atoms with Crippen molar-refractivity contribution in [2.75, 3.05) is 18.6 Å². The van der Waals surface area contributed by atoms with E-state index >= 15 is 0 Å². The van der Waals surface area contributed by atoms with Gasteiger partial charge in [0.15, 0.2) is 0 Å². The number of amides is 1. The Labute approximate surface area is 114 Å². The third-order valence-corrected chi connectivity index (χ3v) is 3.04. The maximum atomic E-state index is 11.9. The van der Waals surface area contributed by atoms with Crippen LogP contribution in [0.4, 0.5) is 11.4 Å². The zero-order valence-electron chi connectivity index (χ0n) is 10.7. The van der Waals surface area contributed by atoms with Crippen molar-refractivity contribution in [1.82, 2.24) is 0 Å². The molecule has 8 nitrogen and oxygen atoms in total. The molecule has 2 rings (SSSR count). The summed E-state index contributed by atoms with van der Waals surface area (Å²) in [6, 6.07) is 3.29. The molecule has 0 aromatic heterocycles. The number of anilines is 1. The fraction of sp³-hybridized carbons (Fsp3) is 0.333. The van der Waals surface area contributed by atoms with Gasteiger partial charge in [-0.05, 0) is 6.07 Å². The quantitative estimate of drug-likeness (QED) is 0.487. The minimum atomic E-state index is -0.664. The molecule has 1 aromatic rings. The van der Waals surface area contributed by atoms with E-state index in [9.17, 15) is 19.7 Å². The largest absolute Gasteiger partial charge is 0.465 e. The minimum absolute atomic E-state index is 0.0977. The molecule has 1 amide bonds. The number of hydrogen-bond donors (Lipinski definition) is 1. The van der Waals surface area contributed by atoms with Gasteiger partial charge in [-0.15, -0.1) is 0 Å². The first-order chi connectivity index (χ1) is 9.43. The Kier molecular flexibility index (Phi) is 3.66. The average molecular weight is 279 g/mol. The maximum absolute atomic E-state index is 11.9. The van der Waals surface area contributed by atoms with E-state index in [1.54, 1.807) is 0 Å². The number of esters is 1. The van der Waals surface area contributed by atoms with Gasteiger partial charge in [0.05, 0.1) is 23.3 Å². The van der Waals surface area contributed by atoms with Crippen molar-refractivity contribution in [3.8, 4) is 0 Å². The van der Waals surface area contributed by atoms with Crippen LogP contribution in [0.2, 0.25) is 0 Å². The Morgan fingerprint density at radius 1 is 1.55 bits per heavy atom. The summed E-state index contributed by atoms with van der Waals surface area (Å²) >= 11 is 0. The maximum Gasteiger partial charge on any atom is 0.339 e. The van der Waals surface area contributed by atoms with E-state index in [0.29, 0.717) is 0 Å². The fourth-order valence-corrected chi connectivity index (χ4v) is 2.11. The third kappa shape index (κ3) is 2.45. The highest BCUT2D eigenvalue weighted by atomic mass is 16.6. The number of methoxy groups -OCH3 is 1. The van der Waals surface area contributed by atoms with Crippen LogP contribution < -0.4 is 10.6 Å². The van der Waals surface area contributed by atoms with E-state index in [1.165, 1.54) is 30.2 Å². The molecular weight excluding hydrogens is 266 g/mol. The van der Waals surface area contributed by atoms with Gasteiger partial charge in [0.25, 0.3) is 5.69 Å². The van der Waals surface area contributed by atoms with Crippen molar-refractivity contribution >= 4 is 23.3 Å². The molecule has 0 spiro atoms. The van der Waals surface area contributed by atoms with Gasteiger partial charge in [0, 0.05) is 31.1 Å². The van der Waals surface area contributed by atoms with E-state index < -0.39 is 10.9 Å². The SMILES string of the molecule is COC(=O)c1ccc([N+](=O)[O-])cc1N1CC(N)CC1=O. The molecule has 1 heterocycles. The van der Waals surface area contributed by atoms with Gasteiger partial charge in [-0.2, -0.15) is 0 Å². The molecule has 0 saturated carbocycles. The summed E-state index contributed by atoms with van der Waals surface area (Å²) in [5, 5.41) is 10.8. The van der Waals surface area contributed by atoms with Gasteiger partial charge in [-0.25, -0.2) is 4.79 Å². The normalized spacial score (nSPS) is 18.2. The van der Waals surface area contributed by atoms with Crippen LogP contribution in [0.5, 0.6) is 0 Å². The number of carbonyl (C=O) groups is 2. The molecule has 8 heteroatoms. The smallest absolute Gasteiger partial charge is 0.339 e. The van der Waals surface area contributed by atoms with Gasteiger partial charge in [0.1, 0.15) is 0 Å². The summed E-state index contributed by atoms with van der Waals surface area (Å²) in [7, 11) is 1.20. The number of nitrogens with zero attached hydrogens (tertiary/aromatic N) is 2. The molecule has 20 heavy (non-hydrogen) atoms. The molecule has 1 aromatic carbocycles. The van der Waals surface area contributed by atoms with Crippen LogP contribution in [0, 0.1) is 10.1 Å². The number of rotatable bonds is 3.